The van der Waals surface area contributed by atoms with Gasteiger partial charge in [0.2, 0.25) is 10.4 Å². The molecule has 0 bridgehead atoms. The Labute approximate surface area is 156 Å². The van der Waals surface area contributed by atoms with Gasteiger partial charge in [-0.3, -0.25) is 14.5 Å². The van der Waals surface area contributed by atoms with Gasteiger partial charge in [0.25, 0.3) is 11.8 Å². The highest BCUT2D eigenvalue weighted by Crippen LogP contribution is 2.27. The lowest BCUT2D eigenvalue weighted by Gasteiger charge is -2.10. The number of halogens is 1. The second kappa shape index (κ2) is 6.43. The summed E-state index contributed by atoms with van der Waals surface area (Å²) in [4.78, 5) is 34.0. The van der Waals surface area contributed by atoms with Crippen LogP contribution in [0.15, 0.2) is 30.3 Å². The third-order valence-corrected chi connectivity index (χ3v) is 4.69. The average Bonchev–Trinajstić information content (AvgIpc) is 3.13. The number of carbonyl (C=O) groups excluding carboxylic acids is 2. The number of imide groups is 1. The normalized spacial score (nSPS) is 13.2. The Bertz CT molecular complexity index is 982. The van der Waals surface area contributed by atoms with E-state index >= 15 is 0 Å². The number of amides is 2. The SMILES string of the molecule is Cc1cc(Nc2nnc(CN3C(=O)c4ccccc4C3=O)s2)nc(Cl)n1. The zero-order valence-corrected chi connectivity index (χ0v) is 15.0. The molecule has 0 radical (unpaired) electrons. The Hall–Kier alpha value is -2.91. The van der Waals surface area contributed by atoms with Crippen LogP contribution in [0, 0.1) is 6.92 Å². The van der Waals surface area contributed by atoms with Gasteiger partial charge in [-0.2, -0.15) is 0 Å². The number of anilines is 2. The van der Waals surface area contributed by atoms with Gasteiger partial charge in [-0.15, -0.1) is 10.2 Å². The second-order valence-corrected chi connectivity index (χ2v) is 6.93. The Morgan fingerprint density at radius 1 is 1.12 bits per heavy atom. The maximum Gasteiger partial charge on any atom is 0.261 e. The highest BCUT2D eigenvalue weighted by atomic mass is 35.5. The number of benzene rings is 1. The number of hydrogen-bond acceptors (Lipinski definition) is 8. The molecule has 0 saturated heterocycles. The number of nitrogens with one attached hydrogen (secondary N) is 1. The van der Waals surface area contributed by atoms with Crippen LogP contribution >= 0.6 is 22.9 Å². The minimum Gasteiger partial charge on any atom is -0.315 e. The average molecular weight is 387 g/mol. The highest BCUT2D eigenvalue weighted by molar-refractivity contribution is 7.15. The van der Waals surface area contributed by atoms with Crippen LogP contribution in [0.1, 0.15) is 31.4 Å². The van der Waals surface area contributed by atoms with Gasteiger partial charge in [0.05, 0.1) is 17.7 Å². The van der Waals surface area contributed by atoms with Crippen molar-refractivity contribution in [2.45, 2.75) is 13.5 Å². The van der Waals surface area contributed by atoms with Gasteiger partial charge in [-0.05, 0) is 30.7 Å². The number of carbonyl (C=O) groups is 2. The fraction of sp³-hybridized carbons (Fsp3) is 0.125. The molecule has 0 fully saturated rings. The summed E-state index contributed by atoms with van der Waals surface area (Å²) in [6.07, 6.45) is 0. The lowest BCUT2D eigenvalue weighted by molar-refractivity contribution is 0.0642. The van der Waals surface area contributed by atoms with Gasteiger partial charge in [0.1, 0.15) is 10.8 Å². The minimum absolute atomic E-state index is 0.0647. The largest absolute Gasteiger partial charge is 0.315 e. The molecule has 0 aliphatic carbocycles. The summed E-state index contributed by atoms with van der Waals surface area (Å²) < 4.78 is 0. The smallest absolute Gasteiger partial charge is 0.261 e. The first-order valence-corrected chi connectivity index (χ1v) is 8.76. The zero-order chi connectivity index (χ0) is 18.3. The van der Waals surface area contributed by atoms with E-state index < -0.39 is 0 Å². The number of nitrogens with zero attached hydrogens (tertiary/aromatic N) is 5. The van der Waals surface area contributed by atoms with Crippen molar-refractivity contribution in [3.05, 3.63) is 57.4 Å². The fourth-order valence-corrected chi connectivity index (χ4v) is 3.55. The van der Waals surface area contributed by atoms with Gasteiger partial charge >= 0.3 is 0 Å². The van der Waals surface area contributed by atoms with E-state index in [1.54, 1.807) is 37.3 Å². The van der Waals surface area contributed by atoms with E-state index in [1.807, 2.05) is 0 Å². The van der Waals surface area contributed by atoms with Crippen LogP contribution in [0.2, 0.25) is 5.28 Å². The summed E-state index contributed by atoms with van der Waals surface area (Å²) in [7, 11) is 0. The molecule has 4 rings (SSSR count). The van der Waals surface area contributed by atoms with E-state index in [9.17, 15) is 9.59 Å². The van der Waals surface area contributed by atoms with Crippen molar-refractivity contribution in [1.29, 1.82) is 0 Å². The summed E-state index contributed by atoms with van der Waals surface area (Å²) in [6, 6.07) is 8.47. The number of aryl methyl sites for hydroxylation is 1. The first-order valence-electron chi connectivity index (χ1n) is 7.57. The summed E-state index contributed by atoms with van der Waals surface area (Å²) >= 11 is 7.06. The standard InChI is InChI=1S/C16H11ClN6O2S/c1-8-6-11(19-15(17)18-8)20-16-22-21-12(26-16)7-23-13(24)9-4-2-3-5-10(9)14(23)25/h2-6H,7H2,1H3,(H,18,19,20,22). The van der Waals surface area contributed by atoms with Crippen molar-refractivity contribution in [1.82, 2.24) is 25.1 Å². The molecular weight excluding hydrogens is 376 g/mol. The lowest BCUT2D eigenvalue weighted by atomic mass is 10.1. The van der Waals surface area contributed by atoms with Crippen molar-refractivity contribution in [3.63, 3.8) is 0 Å². The predicted octanol–water partition coefficient (Wildman–Crippen LogP) is 2.83. The lowest BCUT2D eigenvalue weighted by Crippen LogP contribution is -2.29. The fourth-order valence-electron chi connectivity index (χ4n) is 2.59. The molecular formula is C16H11ClN6O2S. The van der Waals surface area contributed by atoms with Crippen LogP contribution in [0.4, 0.5) is 10.9 Å². The zero-order valence-electron chi connectivity index (χ0n) is 13.4. The van der Waals surface area contributed by atoms with Crippen LogP contribution in [-0.4, -0.2) is 36.9 Å². The molecule has 10 heteroatoms. The molecule has 1 N–H and O–H groups in total. The first-order chi connectivity index (χ1) is 12.5. The molecule has 0 saturated carbocycles. The molecule has 3 aromatic rings. The summed E-state index contributed by atoms with van der Waals surface area (Å²) in [5.41, 5.74) is 1.53. The van der Waals surface area contributed by atoms with Crippen LogP contribution in [0.25, 0.3) is 0 Å². The monoisotopic (exact) mass is 386 g/mol. The van der Waals surface area contributed by atoms with Crippen LogP contribution in [0.3, 0.4) is 0 Å². The van der Waals surface area contributed by atoms with E-state index in [1.165, 1.54) is 16.2 Å². The molecule has 2 aromatic heterocycles. The van der Waals surface area contributed by atoms with Crippen molar-refractivity contribution in [3.8, 4) is 0 Å². The molecule has 1 aliphatic rings. The van der Waals surface area contributed by atoms with Gasteiger partial charge in [0, 0.05) is 11.8 Å². The molecule has 130 valence electrons. The third-order valence-electron chi connectivity index (χ3n) is 3.70. The van der Waals surface area contributed by atoms with Crippen molar-refractivity contribution < 1.29 is 9.59 Å². The predicted molar refractivity (Wildman–Crippen MR) is 95.6 cm³/mol. The Morgan fingerprint density at radius 2 is 1.81 bits per heavy atom. The molecule has 0 spiro atoms. The molecule has 2 amide bonds. The van der Waals surface area contributed by atoms with E-state index in [2.05, 4.69) is 25.5 Å². The molecule has 0 unspecified atom stereocenters. The first kappa shape index (κ1) is 16.6. The topological polar surface area (TPSA) is 101 Å². The number of aromatic nitrogens is 4. The molecule has 0 atom stereocenters. The Balaban J connectivity index is 1.51. The number of fused-ring (bicyclic) bond motifs is 1. The van der Waals surface area contributed by atoms with Gasteiger partial charge in [-0.25, -0.2) is 9.97 Å². The number of rotatable bonds is 4. The van der Waals surface area contributed by atoms with Gasteiger partial charge < -0.3 is 5.32 Å². The van der Waals surface area contributed by atoms with Crippen LogP contribution in [0.5, 0.6) is 0 Å². The Morgan fingerprint density at radius 3 is 2.46 bits per heavy atom. The Kier molecular flexibility index (Phi) is 4.09. The molecule has 1 aromatic carbocycles. The maximum atomic E-state index is 12.4. The maximum absolute atomic E-state index is 12.4. The van der Waals surface area contributed by atoms with E-state index in [-0.39, 0.29) is 23.6 Å². The van der Waals surface area contributed by atoms with Crippen molar-refractivity contribution >= 4 is 45.7 Å². The van der Waals surface area contributed by atoms with Crippen molar-refractivity contribution in [2.75, 3.05) is 5.32 Å². The van der Waals surface area contributed by atoms with Crippen LogP contribution < -0.4 is 5.32 Å². The molecule has 8 nitrogen and oxygen atoms in total. The summed E-state index contributed by atoms with van der Waals surface area (Å²) in [5, 5.41) is 12.2. The second-order valence-electron chi connectivity index (χ2n) is 5.53. The van der Waals surface area contributed by atoms with E-state index in [0.717, 1.165) is 0 Å². The third kappa shape index (κ3) is 3.02. The van der Waals surface area contributed by atoms with E-state index in [4.69, 9.17) is 11.6 Å². The summed E-state index contributed by atoms with van der Waals surface area (Å²) in [5.74, 6) is -0.159. The van der Waals surface area contributed by atoms with Crippen LogP contribution in [-0.2, 0) is 6.54 Å². The quantitative estimate of drug-likeness (QED) is 0.543. The molecule has 3 heterocycles. The molecule has 26 heavy (non-hydrogen) atoms. The summed E-state index contributed by atoms with van der Waals surface area (Å²) in [6.45, 7) is 1.86. The van der Waals surface area contributed by atoms with Crippen molar-refractivity contribution in [2.24, 2.45) is 0 Å². The van der Waals surface area contributed by atoms with E-state index in [0.29, 0.717) is 32.8 Å². The minimum atomic E-state index is -0.325. The molecule has 1 aliphatic heterocycles. The number of hydrogen-bond donors (Lipinski definition) is 1. The highest BCUT2D eigenvalue weighted by Gasteiger charge is 2.35. The van der Waals surface area contributed by atoms with Gasteiger partial charge in [-0.1, -0.05) is 23.5 Å². The van der Waals surface area contributed by atoms with Gasteiger partial charge in [0.15, 0.2) is 0 Å².